The fraction of sp³-hybridized carbons (Fsp3) is 0. The molecule has 0 saturated carbocycles. The molecule has 3 nitrogen and oxygen atoms in total. The molecule has 0 aliphatic rings. The average molecular weight is 315 g/mol. The normalized spacial score (nSPS) is 10.6. The molecule has 0 amide bonds. The third kappa shape index (κ3) is 2.39. The number of rotatable bonds is 2. The Morgan fingerprint density at radius 3 is 2.47 bits per heavy atom. The van der Waals surface area contributed by atoms with Gasteiger partial charge in [0.25, 0.3) is 5.56 Å². The third-order valence-corrected chi connectivity index (χ3v) is 3.36. The second-order valence-electron chi connectivity index (χ2n) is 4.19. The molecular weight excluding hydrogens is 304 g/mol. The minimum absolute atomic E-state index is 0.0723. The summed E-state index contributed by atoms with van der Waals surface area (Å²) >= 11 is 3.41. The van der Waals surface area contributed by atoms with E-state index in [1.807, 2.05) is 54.6 Å². The Morgan fingerprint density at radius 1 is 0.947 bits per heavy atom. The molecule has 1 aromatic heterocycles. The lowest BCUT2D eigenvalue weighted by Gasteiger charge is -2.02. The van der Waals surface area contributed by atoms with Gasteiger partial charge in [0.2, 0.25) is 0 Å². The number of hydrogen-bond acceptors (Lipinski definition) is 1. The Hall–Kier alpha value is -2.07. The van der Waals surface area contributed by atoms with Gasteiger partial charge < -0.3 is 0 Å². The maximum atomic E-state index is 12.0. The van der Waals surface area contributed by atoms with E-state index in [9.17, 15) is 4.79 Å². The van der Waals surface area contributed by atoms with Crippen LogP contribution in [0.5, 0.6) is 0 Å². The summed E-state index contributed by atoms with van der Waals surface area (Å²) in [4.78, 5) is 12.0. The molecule has 4 heteroatoms. The van der Waals surface area contributed by atoms with E-state index in [4.69, 9.17) is 0 Å². The van der Waals surface area contributed by atoms with Gasteiger partial charge in [0.05, 0.1) is 11.4 Å². The Morgan fingerprint density at radius 2 is 1.74 bits per heavy atom. The van der Waals surface area contributed by atoms with Gasteiger partial charge in [-0.1, -0.05) is 52.3 Å². The van der Waals surface area contributed by atoms with Crippen LogP contribution in [0.15, 0.2) is 69.9 Å². The number of nitrogens with one attached hydrogen (secondary N) is 1. The molecule has 0 aliphatic carbocycles. The molecule has 0 fully saturated rings. The summed E-state index contributed by atoms with van der Waals surface area (Å²) in [5.41, 5.74) is 2.54. The van der Waals surface area contributed by atoms with E-state index >= 15 is 0 Å². The zero-order valence-electron chi connectivity index (χ0n) is 10.0. The summed E-state index contributed by atoms with van der Waals surface area (Å²) in [6.07, 6.45) is 0. The number of aromatic amines is 1. The van der Waals surface area contributed by atoms with E-state index < -0.39 is 0 Å². The van der Waals surface area contributed by atoms with Crippen molar-refractivity contribution in [3.63, 3.8) is 0 Å². The third-order valence-electron chi connectivity index (χ3n) is 2.87. The number of nitrogens with zero attached hydrogens (tertiary/aromatic N) is 1. The van der Waals surface area contributed by atoms with E-state index in [-0.39, 0.29) is 5.56 Å². The zero-order valence-corrected chi connectivity index (χ0v) is 11.6. The van der Waals surface area contributed by atoms with Gasteiger partial charge in [-0.2, -0.15) is 0 Å². The Labute approximate surface area is 118 Å². The lowest BCUT2D eigenvalue weighted by atomic mass is 10.2. The van der Waals surface area contributed by atoms with Gasteiger partial charge in [-0.25, -0.2) is 4.68 Å². The molecule has 0 spiro atoms. The maximum absolute atomic E-state index is 12.0. The van der Waals surface area contributed by atoms with Crippen LogP contribution in [0.4, 0.5) is 0 Å². The first-order valence-electron chi connectivity index (χ1n) is 5.87. The van der Waals surface area contributed by atoms with E-state index in [0.717, 1.165) is 21.4 Å². The van der Waals surface area contributed by atoms with E-state index in [0.29, 0.717) is 0 Å². The highest BCUT2D eigenvalue weighted by Gasteiger charge is 2.06. The second-order valence-corrected chi connectivity index (χ2v) is 5.11. The van der Waals surface area contributed by atoms with Crippen LogP contribution >= 0.6 is 15.9 Å². The second kappa shape index (κ2) is 4.90. The summed E-state index contributed by atoms with van der Waals surface area (Å²) in [6, 6.07) is 19.0. The van der Waals surface area contributed by atoms with Crippen LogP contribution in [-0.4, -0.2) is 9.78 Å². The van der Waals surface area contributed by atoms with Gasteiger partial charge in [0, 0.05) is 10.5 Å². The van der Waals surface area contributed by atoms with Gasteiger partial charge in [0.1, 0.15) is 0 Å². The van der Waals surface area contributed by atoms with Crippen molar-refractivity contribution in [3.05, 3.63) is 75.5 Å². The van der Waals surface area contributed by atoms with Gasteiger partial charge in [-0.3, -0.25) is 9.89 Å². The van der Waals surface area contributed by atoms with Crippen molar-refractivity contribution in [2.24, 2.45) is 0 Å². The van der Waals surface area contributed by atoms with Crippen LogP contribution in [-0.2, 0) is 0 Å². The number of hydrogen-bond donors (Lipinski definition) is 1. The molecule has 0 aliphatic heterocycles. The average Bonchev–Trinajstić information content (AvgIpc) is 2.82. The molecule has 94 valence electrons. The smallest absolute Gasteiger partial charge is 0.271 e. The molecule has 3 rings (SSSR count). The van der Waals surface area contributed by atoms with E-state index in [1.54, 1.807) is 6.07 Å². The highest BCUT2D eigenvalue weighted by atomic mass is 79.9. The van der Waals surface area contributed by atoms with Crippen LogP contribution in [0.3, 0.4) is 0 Å². The predicted molar refractivity (Wildman–Crippen MR) is 79.5 cm³/mol. The van der Waals surface area contributed by atoms with E-state index in [1.165, 1.54) is 4.68 Å². The minimum Gasteiger partial charge on any atom is -0.290 e. The van der Waals surface area contributed by atoms with Crippen LogP contribution < -0.4 is 5.56 Å². The predicted octanol–water partition coefficient (Wildman–Crippen LogP) is 3.60. The number of halogens is 1. The number of H-pyrrole nitrogens is 1. The van der Waals surface area contributed by atoms with Crippen molar-refractivity contribution in [1.29, 1.82) is 0 Å². The topological polar surface area (TPSA) is 37.8 Å². The fourth-order valence-electron chi connectivity index (χ4n) is 1.97. The van der Waals surface area contributed by atoms with Crippen molar-refractivity contribution in [2.45, 2.75) is 0 Å². The first-order chi connectivity index (χ1) is 9.24. The molecule has 1 N–H and O–H groups in total. The van der Waals surface area contributed by atoms with E-state index in [2.05, 4.69) is 21.0 Å². The van der Waals surface area contributed by atoms with Crippen molar-refractivity contribution in [3.8, 4) is 16.9 Å². The maximum Gasteiger partial charge on any atom is 0.271 e. The first kappa shape index (κ1) is 12.0. The lowest BCUT2D eigenvalue weighted by molar-refractivity contribution is 0.852. The van der Waals surface area contributed by atoms with Gasteiger partial charge in [-0.05, 0) is 23.8 Å². The highest BCUT2D eigenvalue weighted by molar-refractivity contribution is 9.10. The molecule has 1 heterocycles. The van der Waals surface area contributed by atoms with Gasteiger partial charge in [0.15, 0.2) is 0 Å². The quantitative estimate of drug-likeness (QED) is 0.771. The SMILES string of the molecule is O=c1cc(-c2ccccc2)[nH]n1-c1cccc(Br)c1. The first-order valence-corrected chi connectivity index (χ1v) is 6.67. The van der Waals surface area contributed by atoms with Crippen molar-refractivity contribution >= 4 is 15.9 Å². The lowest BCUT2D eigenvalue weighted by Crippen LogP contribution is -2.13. The molecule has 2 aromatic carbocycles. The standard InChI is InChI=1S/C15H11BrN2O/c16-12-7-4-8-13(9-12)18-15(19)10-14(17-18)11-5-2-1-3-6-11/h1-10,17H. The van der Waals surface area contributed by atoms with Crippen molar-refractivity contribution in [1.82, 2.24) is 9.78 Å². The summed E-state index contributed by atoms with van der Waals surface area (Å²) in [5, 5.41) is 3.12. The Bertz CT molecular complexity index is 759. The van der Waals surface area contributed by atoms with Crippen LogP contribution in [0.25, 0.3) is 16.9 Å². The highest BCUT2D eigenvalue weighted by Crippen LogP contribution is 2.17. The van der Waals surface area contributed by atoms with Crippen LogP contribution in [0.2, 0.25) is 0 Å². The Balaban J connectivity index is 2.10. The fourth-order valence-corrected chi connectivity index (χ4v) is 2.36. The Kier molecular flexibility index (Phi) is 3.09. The minimum atomic E-state index is -0.0723. The van der Waals surface area contributed by atoms with Crippen LogP contribution in [0.1, 0.15) is 0 Å². The molecule has 0 saturated heterocycles. The molecule has 0 radical (unpaired) electrons. The monoisotopic (exact) mass is 314 g/mol. The van der Waals surface area contributed by atoms with Gasteiger partial charge in [-0.15, -0.1) is 0 Å². The van der Waals surface area contributed by atoms with Crippen LogP contribution in [0, 0.1) is 0 Å². The number of aromatic nitrogens is 2. The van der Waals surface area contributed by atoms with Crippen molar-refractivity contribution in [2.75, 3.05) is 0 Å². The molecule has 0 unspecified atom stereocenters. The molecular formula is C15H11BrN2O. The molecule has 3 aromatic rings. The molecule has 0 atom stereocenters. The summed E-state index contributed by atoms with van der Waals surface area (Å²) < 4.78 is 2.47. The van der Waals surface area contributed by atoms with Crippen molar-refractivity contribution < 1.29 is 0 Å². The largest absolute Gasteiger partial charge is 0.290 e. The molecule has 19 heavy (non-hydrogen) atoms. The number of benzene rings is 2. The van der Waals surface area contributed by atoms with Gasteiger partial charge >= 0.3 is 0 Å². The summed E-state index contributed by atoms with van der Waals surface area (Å²) in [7, 11) is 0. The summed E-state index contributed by atoms with van der Waals surface area (Å²) in [5.74, 6) is 0. The summed E-state index contributed by atoms with van der Waals surface area (Å²) in [6.45, 7) is 0. The zero-order chi connectivity index (χ0) is 13.2. The molecule has 0 bridgehead atoms.